The minimum atomic E-state index is 0.115. The van der Waals surface area contributed by atoms with Crippen LogP contribution in [0.15, 0.2) is 95.1 Å². The van der Waals surface area contributed by atoms with Gasteiger partial charge in [-0.05, 0) is 75.3 Å². The molecule has 0 saturated heterocycles. The molecule has 0 aromatic heterocycles. The summed E-state index contributed by atoms with van der Waals surface area (Å²) in [5.41, 5.74) is 11.9. The van der Waals surface area contributed by atoms with Crippen LogP contribution < -0.4 is 5.32 Å². The van der Waals surface area contributed by atoms with E-state index in [0.29, 0.717) is 0 Å². The van der Waals surface area contributed by atoms with Crippen LogP contribution in [0.4, 0.5) is 5.69 Å². The fraction of sp³-hybridized carbons (Fsp3) is 0.385. The number of allylic oxidation sites excluding steroid dienone is 6. The number of aliphatic imine (C=N–C) groups is 1. The van der Waals surface area contributed by atoms with Crippen LogP contribution in [-0.2, 0) is 11.2 Å². The number of benzene rings is 2. The molecule has 0 amide bonds. The normalized spacial score (nSPS) is 17.7. The van der Waals surface area contributed by atoms with Crippen LogP contribution in [-0.4, -0.2) is 29.7 Å². The molecule has 4 heteroatoms. The first-order valence-corrected chi connectivity index (χ1v) is 16.5. The van der Waals surface area contributed by atoms with E-state index in [2.05, 4.69) is 113 Å². The van der Waals surface area contributed by atoms with E-state index in [1.54, 1.807) is 0 Å². The van der Waals surface area contributed by atoms with E-state index in [4.69, 9.17) is 9.79 Å². The molecular weight excluding hydrogens is 545 g/mol. The Balaban J connectivity index is 0.00000155. The lowest BCUT2D eigenvalue weighted by atomic mass is 9.92. The first kappa shape index (κ1) is 35.8. The summed E-state index contributed by atoms with van der Waals surface area (Å²) in [4.78, 5) is 12.9. The number of nitrogens with zero attached hydrogens (tertiary/aromatic N) is 1. The molecule has 1 atom stereocenters. The maximum absolute atomic E-state index is 8.00. The lowest BCUT2D eigenvalue weighted by molar-refractivity contribution is -0.0980. The Morgan fingerprint density at radius 2 is 1.81 bits per heavy atom. The van der Waals surface area contributed by atoms with E-state index in [-0.39, 0.29) is 4.75 Å². The van der Waals surface area contributed by atoms with E-state index in [0.717, 1.165) is 44.5 Å². The highest BCUT2D eigenvalue weighted by molar-refractivity contribution is 8.16. The molecule has 0 bridgehead atoms. The second kappa shape index (κ2) is 18.3. The minimum absolute atomic E-state index is 0.115. The molecule has 0 fully saturated rings. The van der Waals surface area contributed by atoms with Crippen molar-refractivity contribution >= 4 is 35.4 Å². The van der Waals surface area contributed by atoms with Crippen LogP contribution in [0.3, 0.4) is 0 Å². The zero-order valence-corrected chi connectivity index (χ0v) is 28.4. The average molecular weight is 597 g/mol. The van der Waals surface area contributed by atoms with Crippen LogP contribution in [0.25, 0.3) is 6.08 Å². The maximum Gasteiger partial charge on any atom is 0.106 e. The van der Waals surface area contributed by atoms with Gasteiger partial charge in [-0.2, -0.15) is 0 Å². The van der Waals surface area contributed by atoms with Crippen LogP contribution in [0.1, 0.15) is 88.1 Å². The summed E-state index contributed by atoms with van der Waals surface area (Å²) in [5, 5.41) is 4.76. The lowest BCUT2D eigenvalue weighted by Crippen LogP contribution is -2.24. The topological polar surface area (TPSA) is 41.5 Å². The van der Waals surface area contributed by atoms with Crippen molar-refractivity contribution in [1.82, 2.24) is 0 Å². The quantitative estimate of drug-likeness (QED) is 0.262. The number of carbonyl (C=O) groups is 1. The van der Waals surface area contributed by atoms with Crippen molar-refractivity contribution in [3.8, 4) is 0 Å². The molecule has 1 heterocycles. The summed E-state index contributed by atoms with van der Waals surface area (Å²) in [6.45, 7) is 22.8. The summed E-state index contributed by atoms with van der Waals surface area (Å²) in [7, 11) is 0. The number of rotatable bonds is 11. The fourth-order valence-corrected chi connectivity index (χ4v) is 6.65. The first-order valence-electron chi connectivity index (χ1n) is 15.7. The largest absolute Gasteiger partial charge is 0.381 e. The SMILES string of the molecule is C=Cc1cc(C)cc(C)c1C/C(=C/C=C(\C)CNc1ccc(C2=NCC3(C=C(CCC)C=CC3)S2)cc1)CC.C=O.CC. The van der Waals surface area contributed by atoms with E-state index in [1.165, 1.54) is 56.0 Å². The molecule has 2 aromatic rings. The molecule has 0 radical (unpaired) electrons. The first-order chi connectivity index (χ1) is 20.8. The van der Waals surface area contributed by atoms with Gasteiger partial charge in [0.2, 0.25) is 0 Å². The van der Waals surface area contributed by atoms with Crippen molar-refractivity contribution in [1.29, 1.82) is 0 Å². The van der Waals surface area contributed by atoms with Gasteiger partial charge < -0.3 is 10.1 Å². The monoisotopic (exact) mass is 596 g/mol. The Morgan fingerprint density at radius 3 is 2.47 bits per heavy atom. The molecule has 1 spiro atoms. The molecule has 4 rings (SSSR count). The van der Waals surface area contributed by atoms with Crippen molar-refractivity contribution in [3.05, 3.63) is 118 Å². The third-order valence-corrected chi connectivity index (χ3v) is 8.99. The molecule has 230 valence electrons. The number of aryl methyl sites for hydroxylation is 2. The maximum atomic E-state index is 8.00. The lowest BCUT2D eigenvalue weighted by Gasteiger charge is -2.26. The fourth-order valence-electron chi connectivity index (χ4n) is 5.37. The van der Waals surface area contributed by atoms with Crippen LogP contribution >= 0.6 is 11.8 Å². The van der Waals surface area contributed by atoms with Gasteiger partial charge >= 0.3 is 0 Å². The third-order valence-electron chi connectivity index (χ3n) is 7.61. The molecular formula is C39H52N2OS. The van der Waals surface area contributed by atoms with Crippen molar-refractivity contribution in [3.63, 3.8) is 0 Å². The molecule has 1 aliphatic heterocycles. The number of anilines is 1. The zero-order chi connectivity index (χ0) is 31.8. The summed E-state index contributed by atoms with van der Waals surface area (Å²) in [5.74, 6) is 0. The van der Waals surface area contributed by atoms with Gasteiger partial charge in [-0.1, -0.05) is 135 Å². The van der Waals surface area contributed by atoms with Gasteiger partial charge in [-0.15, -0.1) is 0 Å². The van der Waals surface area contributed by atoms with Crippen molar-refractivity contribution in [2.75, 3.05) is 18.4 Å². The highest BCUT2D eigenvalue weighted by Crippen LogP contribution is 2.43. The number of hydrogen-bond acceptors (Lipinski definition) is 4. The van der Waals surface area contributed by atoms with Gasteiger partial charge in [0.1, 0.15) is 6.79 Å². The third kappa shape index (κ3) is 10.4. The Hall–Kier alpha value is -3.37. The van der Waals surface area contributed by atoms with Crippen LogP contribution in [0, 0.1) is 13.8 Å². The Bertz CT molecular complexity index is 1360. The van der Waals surface area contributed by atoms with Gasteiger partial charge in [-0.3, -0.25) is 4.99 Å². The Labute approximate surface area is 266 Å². The van der Waals surface area contributed by atoms with Gasteiger partial charge in [0, 0.05) is 17.8 Å². The van der Waals surface area contributed by atoms with Gasteiger partial charge in [0.05, 0.1) is 16.3 Å². The van der Waals surface area contributed by atoms with E-state index in [1.807, 2.05) is 38.5 Å². The van der Waals surface area contributed by atoms with Crippen molar-refractivity contribution in [2.24, 2.45) is 4.99 Å². The molecule has 3 nitrogen and oxygen atoms in total. The number of carbonyl (C=O) groups excluding carboxylic acids is 1. The average Bonchev–Trinajstić information content (AvgIpc) is 3.43. The molecule has 2 aromatic carbocycles. The smallest absolute Gasteiger partial charge is 0.106 e. The highest BCUT2D eigenvalue weighted by atomic mass is 32.2. The van der Waals surface area contributed by atoms with Crippen LogP contribution in [0.5, 0.6) is 0 Å². The molecule has 1 unspecified atom stereocenters. The van der Waals surface area contributed by atoms with Crippen LogP contribution in [0.2, 0.25) is 0 Å². The van der Waals surface area contributed by atoms with Crippen molar-refractivity contribution in [2.45, 2.75) is 85.3 Å². The Kier molecular flexibility index (Phi) is 15.3. The minimum Gasteiger partial charge on any atom is -0.381 e. The second-order valence-corrected chi connectivity index (χ2v) is 12.4. The van der Waals surface area contributed by atoms with Gasteiger partial charge in [-0.25, -0.2) is 0 Å². The molecule has 2 aliphatic rings. The van der Waals surface area contributed by atoms with E-state index < -0.39 is 0 Å². The summed E-state index contributed by atoms with van der Waals surface area (Å²) in [6.07, 6.45) is 19.1. The molecule has 43 heavy (non-hydrogen) atoms. The standard InChI is InChI=1S/C36H44N2S.C2H6.CH2O/c1-7-11-30-12-10-19-36(23-30)25-38-35(39-36)32-15-17-33(18-16-32)37-24-26(4)13-14-29(8-2)22-34-28(6)20-27(5)21-31(34)9-3;2*1-2/h9-10,12-18,20-21,23,37H,3,7-8,11,19,22,24-25H2,1-2,4-6H3;1-2H3;1H2/b26-13+,29-14+;;. The predicted octanol–water partition coefficient (Wildman–Crippen LogP) is 10.6. The molecule has 1 aliphatic carbocycles. The van der Waals surface area contributed by atoms with Gasteiger partial charge in [0.25, 0.3) is 0 Å². The summed E-state index contributed by atoms with van der Waals surface area (Å²) in [6, 6.07) is 13.3. The van der Waals surface area contributed by atoms with Crippen molar-refractivity contribution < 1.29 is 4.79 Å². The molecule has 0 saturated carbocycles. The molecule has 1 N–H and O–H groups in total. The van der Waals surface area contributed by atoms with E-state index in [9.17, 15) is 0 Å². The zero-order valence-electron chi connectivity index (χ0n) is 27.6. The number of hydrogen-bond donors (Lipinski definition) is 1. The van der Waals surface area contributed by atoms with E-state index >= 15 is 0 Å². The highest BCUT2D eigenvalue weighted by Gasteiger charge is 2.36. The Morgan fingerprint density at radius 1 is 1.09 bits per heavy atom. The predicted molar refractivity (Wildman–Crippen MR) is 194 cm³/mol. The van der Waals surface area contributed by atoms with Gasteiger partial charge in [0.15, 0.2) is 0 Å². The summed E-state index contributed by atoms with van der Waals surface area (Å²) >= 11 is 1.94. The number of thioether (sulfide) groups is 1. The second-order valence-electron chi connectivity index (χ2n) is 11.0. The summed E-state index contributed by atoms with van der Waals surface area (Å²) < 4.78 is 0.115. The number of nitrogens with one attached hydrogen (secondary N) is 1.